The summed E-state index contributed by atoms with van der Waals surface area (Å²) in [6.07, 6.45) is 6.35. The van der Waals surface area contributed by atoms with Gasteiger partial charge in [-0.25, -0.2) is 9.50 Å². The lowest BCUT2D eigenvalue weighted by molar-refractivity contribution is -0.129. The van der Waals surface area contributed by atoms with Crippen molar-refractivity contribution in [3.8, 4) is 23.1 Å². The first-order chi connectivity index (χ1) is 18.8. The Morgan fingerprint density at radius 1 is 1.33 bits per heavy atom. The molecule has 4 aromatic rings. The largest absolute Gasteiger partial charge is 0.434 e. The highest BCUT2D eigenvalue weighted by Crippen LogP contribution is 2.39. The van der Waals surface area contributed by atoms with Gasteiger partial charge in [-0.1, -0.05) is 25.4 Å². The number of nitriles is 1. The van der Waals surface area contributed by atoms with E-state index in [2.05, 4.69) is 25.2 Å². The van der Waals surface area contributed by atoms with Gasteiger partial charge in [-0.05, 0) is 18.6 Å². The number of amides is 2. The molecule has 0 aliphatic carbocycles. The minimum absolute atomic E-state index is 0.00450. The number of alkyl halides is 2. The molecule has 1 aromatic carbocycles. The van der Waals surface area contributed by atoms with Gasteiger partial charge in [-0.2, -0.15) is 24.2 Å². The summed E-state index contributed by atoms with van der Waals surface area (Å²) in [4.78, 5) is 31.6. The normalized spacial score (nSPS) is 14.8. The summed E-state index contributed by atoms with van der Waals surface area (Å²) < 4.78 is 33.9. The summed E-state index contributed by atoms with van der Waals surface area (Å²) in [5, 5.41) is 20.5. The number of carbonyl (C=O) groups excluding carboxylic acids is 2. The molecule has 4 heterocycles. The summed E-state index contributed by atoms with van der Waals surface area (Å²) in [7, 11) is 1.66. The van der Waals surface area contributed by atoms with E-state index in [0.717, 1.165) is 6.07 Å². The maximum atomic E-state index is 13.2. The fourth-order valence-corrected chi connectivity index (χ4v) is 4.29. The van der Waals surface area contributed by atoms with Crippen LogP contribution in [0.2, 0.25) is 5.02 Å². The number of hydrogen-bond donors (Lipinski definition) is 1. The Morgan fingerprint density at radius 2 is 2.10 bits per heavy atom. The van der Waals surface area contributed by atoms with E-state index in [0.29, 0.717) is 18.6 Å². The number of ether oxygens (including phenoxy) is 1. The summed E-state index contributed by atoms with van der Waals surface area (Å²) in [5.41, 5.74) is 0.471. The number of nitrogens with zero attached hydrogens (tertiary/aromatic N) is 7. The van der Waals surface area contributed by atoms with Gasteiger partial charge >= 0.3 is 6.61 Å². The number of likely N-dealkylation sites (N-methyl/N-ethyl adjacent to an activating group) is 1. The van der Waals surface area contributed by atoms with Crippen molar-refractivity contribution >= 4 is 34.7 Å². The van der Waals surface area contributed by atoms with Crippen molar-refractivity contribution in [1.29, 1.82) is 5.26 Å². The Bertz CT molecular complexity index is 1580. The summed E-state index contributed by atoms with van der Waals surface area (Å²) >= 11 is 6.20. The highest BCUT2D eigenvalue weighted by Gasteiger charge is 2.33. The number of likely N-dealkylation sites (tertiary alicyclic amines) is 1. The lowest BCUT2D eigenvalue weighted by Gasteiger charge is -2.12. The van der Waals surface area contributed by atoms with Crippen LogP contribution in [0.25, 0.3) is 16.9 Å². The molecule has 0 spiro atoms. The Hall–Kier alpha value is -4.57. The zero-order chi connectivity index (χ0) is 28.3. The molecule has 202 valence electrons. The van der Waals surface area contributed by atoms with Gasteiger partial charge in [0.05, 0.1) is 28.7 Å². The standard InChI is InChI=1S/C23H17ClF2N8O3.C2H6/c1-32-6-3-17(22(32)36)34-11-16(30-21(35)14-10-29-33-5-2-4-28-20(14)33)19(31-34)13-8-15(24)12(9-27)7-18(13)37-23(25)26;1-2/h2,4-5,7-8,10-11,17,23H,3,6H2,1H3,(H,30,35);1-2H3. The number of rotatable bonds is 6. The van der Waals surface area contributed by atoms with Crippen LogP contribution < -0.4 is 10.1 Å². The second-order valence-corrected chi connectivity index (χ2v) is 8.56. The highest BCUT2D eigenvalue weighted by atomic mass is 35.5. The van der Waals surface area contributed by atoms with E-state index in [-0.39, 0.29) is 44.8 Å². The van der Waals surface area contributed by atoms with Crippen LogP contribution in [0, 0.1) is 11.3 Å². The van der Waals surface area contributed by atoms with Crippen molar-refractivity contribution in [2.45, 2.75) is 32.9 Å². The summed E-state index contributed by atoms with van der Waals surface area (Å²) in [6, 6.07) is 5.12. The van der Waals surface area contributed by atoms with E-state index in [4.69, 9.17) is 11.6 Å². The average molecular weight is 557 g/mol. The Morgan fingerprint density at radius 3 is 2.77 bits per heavy atom. The van der Waals surface area contributed by atoms with Gasteiger partial charge in [0.25, 0.3) is 5.91 Å². The topological polar surface area (TPSA) is 130 Å². The lowest BCUT2D eigenvalue weighted by Crippen LogP contribution is -2.24. The third-order valence-corrected chi connectivity index (χ3v) is 6.20. The molecule has 1 unspecified atom stereocenters. The van der Waals surface area contributed by atoms with Crippen molar-refractivity contribution in [1.82, 2.24) is 29.3 Å². The van der Waals surface area contributed by atoms with Gasteiger partial charge < -0.3 is 15.0 Å². The van der Waals surface area contributed by atoms with E-state index in [1.165, 1.54) is 33.9 Å². The number of carbonyl (C=O) groups is 2. The zero-order valence-corrected chi connectivity index (χ0v) is 21.9. The van der Waals surface area contributed by atoms with Gasteiger partial charge in [-0.15, -0.1) is 0 Å². The van der Waals surface area contributed by atoms with E-state index in [9.17, 15) is 23.6 Å². The monoisotopic (exact) mass is 556 g/mol. The smallest absolute Gasteiger partial charge is 0.387 e. The molecule has 1 aliphatic heterocycles. The highest BCUT2D eigenvalue weighted by molar-refractivity contribution is 6.32. The second-order valence-electron chi connectivity index (χ2n) is 8.15. The number of anilines is 1. The molecule has 1 aliphatic rings. The third kappa shape index (κ3) is 5.37. The molecule has 1 atom stereocenters. The molecule has 1 saturated heterocycles. The van der Waals surface area contributed by atoms with Gasteiger partial charge in [0.1, 0.15) is 29.1 Å². The molecule has 11 nitrogen and oxygen atoms in total. The van der Waals surface area contributed by atoms with Crippen LogP contribution in [0.5, 0.6) is 5.75 Å². The molecule has 0 saturated carbocycles. The number of fused-ring (bicyclic) bond motifs is 1. The predicted molar refractivity (Wildman–Crippen MR) is 138 cm³/mol. The van der Waals surface area contributed by atoms with Crippen molar-refractivity contribution in [3.05, 3.63) is 59.1 Å². The number of benzene rings is 1. The second kappa shape index (κ2) is 11.4. The van der Waals surface area contributed by atoms with Crippen LogP contribution in [0.3, 0.4) is 0 Å². The van der Waals surface area contributed by atoms with E-state index >= 15 is 0 Å². The van der Waals surface area contributed by atoms with E-state index in [1.807, 2.05) is 19.9 Å². The molecule has 5 rings (SSSR count). The Kier molecular flexibility index (Phi) is 8.06. The van der Waals surface area contributed by atoms with Gasteiger partial charge in [0.15, 0.2) is 5.65 Å². The molecule has 14 heteroatoms. The first kappa shape index (κ1) is 27.5. The average Bonchev–Trinajstić information content (AvgIpc) is 3.63. The minimum Gasteiger partial charge on any atom is -0.434 e. The van der Waals surface area contributed by atoms with Gasteiger partial charge in [0.2, 0.25) is 5.91 Å². The fourth-order valence-electron chi connectivity index (χ4n) is 4.09. The van der Waals surface area contributed by atoms with Crippen molar-refractivity contribution in [2.24, 2.45) is 0 Å². The fraction of sp³-hybridized carbons (Fsp3) is 0.280. The van der Waals surface area contributed by atoms with Crippen LogP contribution in [0.4, 0.5) is 14.5 Å². The van der Waals surface area contributed by atoms with Crippen molar-refractivity contribution < 1.29 is 23.1 Å². The first-order valence-corrected chi connectivity index (χ1v) is 12.3. The Balaban J connectivity index is 0.00000172. The van der Waals surface area contributed by atoms with Crippen molar-refractivity contribution in [2.75, 3.05) is 18.9 Å². The number of nitrogens with one attached hydrogen (secondary N) is 1. The lowest BCUT2D eigenvalue weighted by atomic mass is 10.1. The Labute approximate surface area is 226 Å². The molecule has 39 heavy (non-hydrogen) atoms. The SMILES string of the molecule is CC.CN1CCC(n2cc(NC(=O)c3cnn4cccnc34)c(-c3cc(Cl)c(C#N)cc3OC(F)F)n2)C1=O. The first-order valence-electron chi connectivity index (χ1n) is 11.9. The van der Waals surface area contributed by atoms with Crippen LogP contribution in [-0.4, -0.2) is 61.3 Å². The predicted octanol–water partition coefficient (Wildman–Crippen LogP) is 4.40. The van der Waals surface area contributed by atoms with Crippen LogP contribution in [0.15, 0.2) is 43.0 Å². The van der Waals surface area contributed by atoms with E-state index < -0.39 is 18.6 Å². The molecule has 1 N–H and O–H groups in total. The molecule has 1 fully saturated rings. The quantitative estimate of drug-likeness (QED) is 0.372. The van der Waals surface area contributed by atoms with Crippen molar-refractivity contribution in [3.63, 3.8) is 0 Å². The summed E-state index contributed by atoms with van der Waals surface area (Å²) in [6.45, 7) is 1.29. The minimum atomic E-state index is -3.21. The molecule has 3 aromatic heterocycles. The molecule has 0 bridgehead atoms. The molecule has 0 radical (unpaired) electrons. The number of aromatic nitrogens is 5. The number of halogens is 3. The zero-order valence-electron chi connectivity index (χ0n) is 21.1. The molecule has 2 amide bonds. The molecular weight excluding hydrogens is 534 g/mol. The van der Waals surface area contributed by atoms with Crippen LogP contribution >= 0.6 is 11.6 Å². The summed E-state index contributed by atoms with van der Waals surface area (Å²) in [5.74, 6) is -1.16. The van der Waals surface area contributed by atoms with Crippen LogP contribution in [0.1, 0.15) is 42.2 Å². The number of hydrogen-bond acceptors (Lipinski definition) is 7. The van der Waals surface area contributed by atoms with Gasteiger partial charge in [0, 0.05) is 37.6 Å². The van der Waals surface area contributed by atoms with Crippen LogP contribution in [-0.2, 0) is 4.79 Å². The maximum Gasteiger partial charge on any atom is 0.387 e. The molecular formula is C25H23ClF2N8O3. The van der Waals surface area contributed by atoms with E-state index in [1.54, 1.807) is 24.2 Å². The maximum absolute atomic E-state index is 13.2. The third-order valence-electron chi connectivity index (χ3n) is 5.88. The van der Waals surface area contributed by atoms with Gasteiger partial charge in [-0.3, -0.25) is 14.3 Å².